The smallest absolute Gasteiger partial charge is 0.244 e. The number of halogens is 2. The summed E-state index contributed by atoms with van der Waals surface area (Å²) in [5.41, 5.74) is 0. The van der Waals surface area contributed by atoms with E-state index in [2.05, 4.69) is 31.9 Å². The quantitative estimate of drug-likeness (QED) is 0.587. The van der Waals surface area contributed by atoms with Crippen molar-refractivity contribution in [1.29, 1.82) is 0 Å². The molecule has 0 saturated carbocycles. The van der Waals surface area contributed by atoms with Gasteiger partial charge in [0.25, 0.3) is 0 Å². The van der Waals surface area contributed by atoms with Crippen molar-refractivity contribution in [1.82, 2.24) is 4.31 Å². The molecule has 24 heavy (non-hydrogen) atoms. The molecule has 0 aliphatic carbocycles. The zero-order chi connectivity index (χ0) is 17.2. The maximum atomic E-state index is 13.2. The largest absolute Gasteiger partial charge is 0.377 e. The van der Waals surface area contributed by atoms with Gasteiger partial charge in [-0.05, 0) is 58.4 Å². The summed E-state index contributed by atoms with van der Waals surface area (Å²) in [5, 5.41) is 1.96. The standard InChI is InChI=1S/C16H17Br2NO3S2/c17-12-5-6-15(18)16(9-12)24(20,21)19(10-13-3-1-7-22-13)11-14-4-2-8-23-14/h2,4-6,8-9,13H,1,3,7,10-11H2. The van der Waals surface area contributed by atoms with Crippen LogP contribution >= 0.6 is 43.2 Å². The minimum absolute atomic E-state index is 0.0364. The molecule has 4 nitrogen and oxygen atoms in total. The summed E-state index contributed by atoms with van der Waals surface area (Å²) in [6.45, 7) is 1.44. The maximum Gasteiger partial charge on any atom is 0.244 e. The average molecular weight is 495 g/mol. The van der Waals surface area contributed by atoms with Gasteiger partial charge in [-0.1, -0.05) is 22.0 Å². The molecule has 0 radical (unpaired) electrons. The van der Waals surface area contributed by atoms with E-state index in [4.69, 9.17) is 4.74 Å². The molecule has 1 atom stereocenters. The number of benzene rings is 1. The van der Waals surface area contributed by atoms with Gasteiger partial charge in [-0.3, -0.25) is 0 Å². The molecule has 1 aliphatic heterocycles. The number of thiophene rings is 1. The number of nitrogens with zero attached hydrogens (tertiary/aromatic N) is 1. The second-order valence-corrected chi connectivity index (χ2v) is 10.3. The Kier molecular flexibility index (Phi) is 6.16. The van der Waals surface area contributed by atoms with E-state index in [1.54, 1.807) is 23.5 Å². The number of ether oxygens (including phenoxy) is 1. The Morgan fingerprint density at radius 1 is 1.29 bits per heavy atom. The van der Waals surface area contributed by atoms with Crippen molar-refractivity contribution >= 4 is 53.2 Å². The van der Waals surface area contributed by atoms with Gasteiger partial charge in [-0.25, -0.2) is 8.42 Å². The third-order valence-electron chi connectivity index (χ3n) is 3.85. The third-order valence-corrected chi connectivity index (χ3v) is 8.01. The first-order valence-corrected chi connectivity index (χ1v) is 11.5. The lowest BCUT2D eigenvalue weighted by molar-refractivity contribution is 0.0927. The zero-order valence-electron chi connectivity index (χ0n) is 12.8. The van der Waals surface area contributed by atoms with E-state index in [1.807, 2.05) is 23.6 Å². The van der Waals surface area contributed by atoms with Gasteiger partial charge in [-0.2, -0.15) is 4.31 Å². The normalized spacial score (nSPS) is 18.4. The van der Waals surface area contributed by atoms with Gasteiger partial charge in [0.2, 0.25) is 10.0 Å². The summed E-state index contributed by atoms with van der Waals surface area (Å²) in [6, 6.07) is 9.08. The van der Waals surface area contributed by atoms with Gasteiger partial charge >= 0.3 is 0 Å². The molecule has 2 aromatic rings. The maximum absolute atomic E-state index is 13.2. The molecule has 0 bridgehead atoms. The van der Waals surface area contributed by atoms with Gasteiger partial charge in [-0.15, -0.1) is 11.3 Å². The molecule has 1 fully saturated rings. The number of hydrogen-bond acceptors (Lipinski definition) is 4. The van der Waals surface area contributed by atoms with E-state index in [1.165, 1.54) is 4.31 Å². The van der Waals surface area contributed by atoms with Crippen LogP contribution in [0.25, 0.3) is 0 Å². The van der Waals surface area contributed by atoms with Crippen LogP contribution in [-0.2, 0) is 21.3 Å². The van der Waals surface area contributed by atoms with Crippen LogP contribution in [0.15, 0.2) is 49.6 Å². The Morgan fingerprint density at radius 2 is 2.12 bits per heavy atom. The van der Waals surface area contributed by atoms with Crippen molar-refractivity contribution in [3.05, 3.63) is 49.5 Å². The predicted octanol–water partition coefficient (Wildman–Crippen LogP) is 4.64. The molecule has 0 amide bonds. The summed E-state index contributed by atoms with van der Waals surface area (Å²) in [7, 11) is -3.63. The minimum atomic E-state index is -3.63. The lowest BCUT2D eigenvalue weighted by atomic mass is 10.2. The van der Waals surface area contributed by atoms with Crippen LogP contribution in [0.1, 0.15) is 17.7 Å². The second-order valence-electron chi connectivity index (χ2n) is 5.59. The van der Waals surface area contributed by atoms with Crippen molar-refractivity contribution < 1.29 is 13.2 Å². The van der Waals surface area contributed by atoms with Gasteiger partial charge in [0.15, 0.2) is 0 Å². The number of rotatable bonds is 6. The minimum Gasteiger partial charge on any atom is -0.377 e. The molecule has 2 heterocycles. The van der Waals surface area contributed by atoms with Crippen molar-refractivity contribution in [3.63, 3.8) is 0 Å². The Morgan fingerprint density at radius 3 is 2.79 bits per heavy atom. The van der Waals surface area contributed by atoms with Gasteiger partial charge < -0.3 is 4.74 Å². The second kappa shape index (κ2) is 7.97. The first kappa shape index (κ1) is 18.5. The molecule has 1 unspecified atom stereocenters. The highest BCUT2D eigenvalue weighted by Gasteiger charge is 2.31. The van der Waals surface area contributed by atoms with E-state index in [0.29, 0.717) is 24.2 Å². The molecule has 130 valence electrons. The molecule has 1 aliphatic rings. The molecule has 0 N–H and O–H groups in total. The van der Waals surface area contributed by atoms with Crippen molar-refractivity contribution in [3.8, 4) is 0 Å². The zero-order valence-corrected chi connectivity index (χ0v) is 17.6. The molecule has 0 spiro atoms. The highest BCUT2D eigenvalue weighted by atomic mass is 79.9. The van der Waals surface area contributed by atoms with Crippen LogP contribution in [0, 0.1) is 0 Å². The van der Waals surface area contributed by atoms with E-state index in [-0.39, 0.29) is 11.0 Å². The van der Waals surface area contributed by atoms with E-state index >= 15 is 0 Å². The van der Waals surface area contributed by atoms with Crippen LogP contribution in [0.5, 0.6) is 0 Å². The van der Waals surface area contributed by atoms with Crippen LogP contribution < -0.4 is 0 Å². The van der Waals surface area contributed by atoms with Crippen LogP contribution in [0.2, 0.25) is 0 Å². The monoisotopic (exact) mass is 493 g/mol. The first-order chi connectivity index (χ1) is 11.5. The Balaban J connectivity index is 1.94. The molecule has 1 aromatic carbocycles. The molecule has 1 saturated heterocycles. The Bertz CT molecular complexity index is 788. The molecular formula is C16H17Br2NO3S2. The summed E-state index contributed by atoms with van der Waals surface area (Å²) in [6.07, 6.45) is 1.85. The highest BCUT2D eigenvalue weighted by Crippen LogP contribution is 2.30. The van der Waals surface area contributed by atoms with Crippen LogP contribution in [0.4, 0.5) is 0 Å². The molecule has 3 rings (SSSR count). The summed E-state index contributed by atoms with van der Waals surface area (Å²) < 4.78 is 35.0. The summed E-state index contributed by atoms with van der Waals surface area (Å²) in [4.78, 5) is 1.29. The predicted molar refractivity (Wildman–Crippen MR) is 103 cm³/mol. The topological polar surface area (TPSA) is 46.6 Å². The Labute approximate surface area is 163 Å². The Hall–Kier alpha value is -0.250. The average Bonchev–Trinajstić information content (AvgIpc) is 3.22. The molecular weight excluding hydrogens is 478 g/mol. The van der Waals surface area contributed by atoms with Crippen molar-refractivity contribution in [2.75, 3.05) is 13.2 Å². The van der Waals surface area contributed by atoms with Crippen LogP contribution in [0.3, 0.4) is 0 Å². The van der Waals surface area contributed by atoms with E-state index < -0.39 is 10.0 Å². The van der Waals surface area contributed by atoms with Crippen LogP contribution in [-0.4, -0.2) is 32.0 Å². The number of sulfonamides is 1. The highest BCUT2D eigenvalue weighted by molar-refractivity contribution is 9.11. The lowest BCUT2D eigenvalue weighted by Gasteiger charge is -2.25. The van der Waals surface area contributed by atoms with Crippen molar-refractivity contribution in [2.45, 2.75) is 30.4 Å². The fraction of sp³-hybridized carbons (Fsp3) is 0.375. The van der Waals surface area contributed by atoms with E-state index in [9.17, 15) is 8.42 Å². The fourth-order valence-corrected chi connectivity index (χ4v) is 6.37. The van der Waals surface area contributed by atoms with Gasteiger partial charge in [0.05, 0.1) is 11.0 Å². The molecule has 1 aromatic heterocycles. The van der Waals surface area contributed by atoms with Crippen molar-refractivity contribution in [2.24, 2.45) is 0 Å². The lowest BCUT2D eigenvalue weighted by Crippen LogP contribution is -2.36. The van der Waals surface area contributed by atoms with E-state index in [0.717, 1.165) is 22.2 Å². The summed E-state index contributed by atoms with van der Waals surface area (Å²) >= 11 is 8.29. The first-order valence-electron chi connectivity index (χ1n) is 7.56. The third kappa shape index (κ3) is 4.28. The SMILES string of the molecule is O=S(=O)(c1cc(Br)ccc1Br)N(Cc1cccs1)CC1CCCO1. The van der Waals surface area contributed by atoms with Gasteiger partial charge in [0, 0.05) is 33.5 Å². The summed E-state index contributed by atoms with van der Waals surface area (Å²) in [5.74, 6) is 0. The number of hydrogen-bond donors (Lipinski definition) is 0. The fourth-order valence-electron chi connectivity index (χ4n) is 2.65. The van der Waals surface area contributed by atoms with Gasteiger partial charge in [0.1, 0.15) is 0 Å². The molecule has 8 heteroatoms.